The third-order valence-electron chi connectivity index (χ3n) is 4.99. The summed E-state index contributed by atoms with van der Waals surface area (Å²) in [5.74, 6) is -0.175. The highest BCUT2D eigenvalue weighted by atomic mass is 19.1. The molecule has 1 fully saturated rings. The van der Waals surface area contributed by atoms with Crippen LogP contribution >= 0.6 is 0 Å². The molecule has 1 aliphatic rings. The molecule has 3 nitrogen and oxygen atoms in total. The standard InChI is InChI=1S/C17H28FN3/c1-16(2)13-21(9-8-20(16)4)17(3,12-19)11-14-6-5-7-15(18)10-14/h5-7,10H,8-9,11-13,19H2,1-4H3. The zero-order valence-electron chi connectivity index (χ0n) is 13.7. The average molecular weight is 293 g/mol. The highest BCUT2D eigenvalue weighted by Gasteiger charge is 2.39. The van der Waals surface area contributed by atoms with Crippen LogP contribution in [0.25, 0.3) is 0 Å². The van der Waals surface area contributed by atoms with Gasteiger partial charge in [0.05, 0.1) is 0 Å². The maximum atomic E-state index is 13.4. The molecular formula is C17H28FN3. The molecule has 2 N–H and O–H groups in total. The van der Waals surface area contributed by atoms with Gasteiger partial charge < -0.3 is 5.73 Å². The van der Waals surface area contributed by atoms with Crippen LogP contribution in [0.5, 0.6) is 0 Å². The maximum absolute atomic E-state index is 13.4. The molecule has 0 radical (unpaired) electrons. The maximum Gasteiger partial charge on any atom is 0.123 e. The SMILES string of the molecule is CN1CCN(C(C)(CN)Cc2cccc(F)c2)CC1(C)C. The number of rotatable bonds is 4. The van der Waals surface area contributed by atoms with E-state index in [1.165, 1.54) is 6.07 Å². The molecule has 0 saturated carbocycles. The van der Waals surface area contributed by atoms with Crippen molar-refractivity contribution in [2.24, 2.45) is 5.73 Å². The van der Waals surface area contributed by atoms with Gasteiger partial charge in [-0.3, -0.25) is 9.80 Å². The fourth-order valence-electron chi connectivity index (χ4n) is 3.10. The summed E-state index contributed by atoms with van der Waals surface area (Å²) in [5, 5.41) is 0. The number of benzene rings is 1. The molecule has 1 heterocycles. The average Bonchev–Trinajstić information content (AvgIpc) is 2.41. The van der Waals surface area contributed by atoms with Crippen molar-refractivity contribution in [1.29, 1.82) is 0 Å². The van der Waals surface area contributed by atoms with Crippen LogP contribution in [0.2, 0.25) is 0 Å². The van der Waals surface area contributed by atoms with Gasteiger partial charge in [0.1, 0.15) is 5.82 Å². The Hall–Kier alpha value is -0.970. The Morgan fingerprint density at radius 1 is 1.33 bits per heavy atom. The zero-order chi connectivity index (χ0) is 15.7. The van der Waals surface area contributed by atoms with Crippen LogP contribution in [0.1, 0.15) is 26.3 Å². The van der Waals surface area contributed by atoms with E-state index >= 15 is 0 Å². The molecule has 0 spiro atoms. The predicted molar refractivity (Wildman–Crippen MR) is 85.8 cm³/mol. The first-order chi connectivity index (χ1) is 9.77. The third-order valence-corrected chi connectivity index (χ3v) is 4.99. The molecule has 1 unspecified atom stereocenters. The van der Waals surface area contributed by atoms with Gasteiger partial charge in [-0.05, 0) is 51.9 Å². The molecule has 0 aromatic heterocycles. The van der Waals surface area contributed by atoms with Crippen LogP contribution in [0, 0.1) is 5.82 Å². The third kappa shape index (κ3) is 3.62. The Labute approximate surface area is 127 Å². The summed E-state index contributed by atoms with van der Waals surface area (Å²) in [7, 11) is 2.17. The van der Waals surface area contributed by atoms with E-state index in [9.17, 15) is 4.39 Å². The molecule has 1 saturated heterocycles. The van der Waals surface area contributed by atoms with Crippen molar-refractivity contribution in [3.63, 3.8) is 0 Å². The zero-order valence-corrected chi connectivity index (χ0v) is 13.7. The van der Waals surface area contributed by atoms with Crippen molar-refractivity contribution in [1.82, 2.24) is 9.80 Å². The summed E-state index contributed by atoms with van der Waals surface area (Å²) < 4.78 is 13.4. The second-order valence-electron chi connectivity index (χ2n) is 7.16. The van der Waals surface area contributed by atoms with Crippen LogP contribution in [0.3, 0.4) is 0 Å². The van der Waals surface area contributed by atoms with E-state index in [-0.39, 0.29) is 16.9 Å². The van der Waals surface area contributed by atoms with Crippen molar-refractivity contribution in [2.75, 3.05) is 33.2 Å². The Morgan fingerprint density at radius 2 is 2.05 bits per heavy atom. The second kappa shape index (κ2) is 6.03. The summed E-state index contributed by atoms with van der Waals surface area (Å²) in [5.41, 5.74) is 7.11. The van der Waals surface area contributed by atoms with E-state index < -0.39 is 0 Å². The molecule has 21 heavy (non-hydrogen) atoms. The van der Waals surface area contributed by atoms with Gasteiger partial charge >= 0.3 is 0 Å². The van der Waals surface area contributed by atoms with E-state index in [0.29, 0.717) is 6.54 Å². The summed E-state index contributed by atoms with van der Waals surface area (Å²) >= 11 is 0. The van der Waals surface area contributed by atoms with Gasteiger partial charge in [-0.25, -0.2) is 4.39 Å². The van der Waals surface area contributed by atoms with Crippen LogP contribution < -0.4 is 5.73 Å². The van der Waals surface area contributed by atoms with Crippen molar-refractivity contribution in [2.45, 2.75) is 38.3 Å². The second-order valence-corrected chi connectivity index (χ2v) is 7.16. The van der Waals surface area contributed by atoms with Gasteiger partial charge in [0.2, 0.25) is 0 Å². The molecule has 1 aromatic carbocycles. The van der Waals surface area contributed by atoms with Gasteiger partial charge in [-0.2, -0.15) is 0 Å². The molecule has 4 heteroatoms. The fourth-order valence-corrected chi connectivity index (χ4v) is 3.10. The lowest BCUT2D eigenvalue weighted by Gasteiger charge is -2.52. The van der Waals surface area contributed by atoms with Gasteiger partial charge in [-0.15, -0.1) is 0 Å². The highest BCUT2D eigenvalue weighted by molar-refractivity contribution is 5.19. The minimum absolute atomic E-state index is 0.133. The molecule has 1 aliphatic heterocycles. The molecule has 2 rings (SSSR count). The minimum Gasteiger partial charge on any atom is -0.329 e. The number of likely N-dealkylation sites (N-methyl/N-ethyl adjacent to an activating group) is 1. The highest BCUT2D eigenvalue weighted by Crippen LogP contribution is 2.27. The van der Waals surface area contributed by atoms with Crippen molar-refractivity contribution >= 4 is 0 Å². The molecular weight excluding hydrogens is 265 g/mol. The Bertz CT molecular complexity index is 489. The van der Waals surface area contributed by atoms with Crippen LogP contribution in [-0.2, 0) is 6.42 Å². The van der Waals surface area contributed by atoms with Gasteiger partial charge in [0, 0.05) is 37.3 Å². The van der Waals surface area contributed by atoms with E-state index in [1.807, 2.05) is 6.07 Å². The molecule has 118 valence electrons. The summed E-state index contributed by atoms with van der Waals surface area (Å²) in [6.07, 6.45) is 0.779. The monoisotopic (exact) mass is 293 g/mol. The molecule has 1 aromatic rings. The first-order valence-corrected chi connectivity index (χ1v) is 7.68. The quantitative estimate of drug-likeness (QED) is 0.923. The number of hydrogen-bond acceptors (Lipinski definition) is 3. The first-order valence-electron chi connectivity index (χ1n) is 7.68. The number of nitrogens with two attached hydrogens (primary N) is 1. The lowest BCUT2D eigenvalue weighted by atomic mass is 9.87. The molecule has 0 bridgehead atoms. The lowest BCUT2D eigenvalue weighted by molar-refractivity contribution is -0.0152. The van der Waals surface area contributed by atoms with Gasteiger partial charge in [0.15, 0.2) is 0 Å². The smallest absolute Gasteiger partial charge is 0.123 e. The van der Waals surface area contributed by atoms with Crippen molar-refractivity contribution in [3.05, 3.63) is 35.6 Å². The van der Waals surface area contributed by atoms with Crippen LogP contribution in [0.4, 0.5) is 4.39 Å². The molecule has 0 amide bonds. The Balaban J connectivity index is 2.17. The Kier molecular flexibility index (Phi) is 4.71. The summed E-state index contributed by atoms with van der Waals surface area (Å²) in [4.78, 5) is 4.86. The topological polar surface area (TPSA) is 32.5 Å². The summed E-state index contributed by atoms with van der Waals surface area (Å²) in [6.45, 7) is 10.3. The normalized spacial score (nSPS) is 23.0. The predicted octanol–water partition coefficient (Wildman–Crippen LogP) is 2.11. The van der Waals surface area contributed by atoms with Gasteiger partial charge in [0.25, 0.3) is 0 Å². The van der Waals surface area contributed by atoms with Crippen molar-refractivity contribution in [3.8, 4) is 0 Å². The first kappa shape index (κ1) is 16.4. The van der Waals surface area contributed by atoms with Crippen LogP contribution in [0.15, 0.2) is 24.3 Å². The van der Waals surface area contributed by atoms with E-state index in [1.54, 1.807) is 12.1 Å². The summed E-state index contributed by atoms with van der Waals surface area (Å²) in [6, 6.07) is 6.87. The number of piperazine rings is 1. The number of hydrogen-bond donors (Lipinski definition) is 1. The van der Waals surface area contributed by atoms with E-state index in [4.69, 9.17) is 5.73 Å². The minimum atomic E-state index is -0.175. The largest absolute Gasteiger partial charge is 0.329 e. The van der Waals surface area contributed by atoms with Gasteiger partial charge in [-0.1, -0.05) is 12.1 Å². The molecule has 1 atom stereocenters. The van der Waals surface area contributed by atoms with Crippen molar-refractivity contribution < 1.29 is 4.39 Å². The number of nitrogens with zero attached hydrogens (tertiary/aromatic N) is 2. The molecule has 0 aliphatic carbocycles. The lowest BCUT2D eigenvalue weighted by Crippen LogP contribution is -2.65. The van der Waals surface area contributed by atoms with Crippen LogP contribution in [-0.4, -0.2) is 54.1 Å². The number of halogens is 1. The fraction of sp³-hybridized carbons (Fsp3) is 0.647. The van der Waals surface area contributed by atoms with E-state index in [0.717, 1.165) is 31.6 Å². The Morgan fingerprint density at radius 3 is 2.62 bits per heavy atom. The van der Waals surface area contributed by atoms with E-state index in [2.05, 4.69) is 37.6 Å².